The molecule has 1 aliphatic carbocycles. The number of hydrogen-bond acceptors (Lipinski definition) is 3. The maximum atomic E-state index is 12.6. The van der Waals surface area contributed by atoms with Crippen molar-refractivity contribution in [3.63, 3.8) is 0 Å². The van der Waals surface area contributed by atoms with Crippen LogP contribution in [-0.2, 0) is 4.79 Å². The number of aliphatic hydroxyl groups excluding tert-OH is 1. The number of nitrogens with zero attached hydrogens (tertiary/aromatic N) is 2. The molecule has 126 valence electrons. The number of halogens is 1. The van der Waals surface area contributed by atoms with Gasteiger partial charge in [-0.1, -0.05) is 30.7 Å². The molecule has 1 heterocycles. The van der Waals surface area contributed by atoms with E-state index in [4.69, 9.17) is 11.6 Å². The van der Waals surface area contributed by atoms with Crippen LogP contribution in [0.5, 0.6) is 0 Å². The average Bonchev–Trinajstić information content (AvgIpc) is 3.35. The fourth-order valence-corrected chi connectivity index (χ4v) is 3.58. The molecule has 1 aromatic carbocycles. The van der Waals surface area contributed by atoms with Crippen molar-refractivity contribution in [3.8, 4) is 0 Å². The predicted octanol–water partition coefficient (Wildman–Crippen LogP) is 2.36. The standard InChI is InChI=1S/C18H25ClN2O2/c1-2-15(22)12-20-6-8-21(9-7-20)18(23)17-11-16(17)13-4-3-5-14(19)10-13/h3-5,10,15-17,22H,2,6-9,11-12H2,1H3/t15-,16+,17-/m0/s1. The molecule has 0 bridgehead atoms. The third-order valence-corrected chi connectivity index (χ3v) is 5.24. The maximum absolute atomic E-state index is 12.6. The Bertz CT molecular complexity index is 558. The van der Waals surface area contributed by atoms with Crippen molar-refractivity contribution in [3.05, 3.63) is 34.9 Å². The summed E-state index contributed by atoms with van der Waals surface area (Å²) in [4.78, 5) is 16.9. The Morgan fingerprint density at radius 3 is 2.74 bits per heavy atom. The van der Waals surface area contributed by atoms with Crippen LogP contribution in [0.2, 0.25) is 5.02 Å². The molecule has 1 amide bonds. The highest BCUT2D eigenvalue weighted by molar-refractivity contribution is 6.30. The first kappa shape index (κ1) is 16.7. The molecule has 0 aromatic heterocycles. The molecule has 0 unspecified atom stereocenters. The highest BCUT2D eigenvalue weighted by Crippen LogP contribution is 2.48. The van der Waals surface area contributed by atoms with Crippen molar-refractivity contribution in [2.45, 2.75) is 31.8 Å². The number of amides is 1. The third-order valence-electron chi connectivity index (χ3n) is 5.01. The van der Waals surface area contributed by atoms with E-state index in [0.717, 1.165) is 44.0 Å². The van der Waals surface area contributed by atoms with E-state index in [1.807, 2.05) is 30.0 Å². The van der Waals surface area contributed by atoms with Gasteiger partial charge in [0, 0.05) is 43.7 Å². The van der Waals surface area contributed by atoms with Crippen LogP contribution in [0, 0.1) is 5.92 Å². The quantitative estimate of drug-likeness (QED) is 0.897. The van der Waals surface area contributed by atoms with Gasteiger partial charge in [-0.2, -0.15) is 0 Å². The monoisotopic (exact) mass is 336 g/mol. The van der Waals surface area contributed by atoms with Crippen LogP contribution in [0.25, 0.3) is 0 Å². The minimum Gasteiger partial charge on any atom is -0.392 e. The summed E-state index contributed by atoms with van der Waals surface area (Å²) in [5.41, 5.74) is 1.18. The molecule has 2 aliphatic rings. The van der Waals surface area contributed by atoms with Gasteiger partial charge in [-0.15, -0.1) is 0 Å². The van der Waals surface area contributed by atoms with E-state index in [1.54, 1.807) is 0 Å². The second-order valence-corrected chi connectivity index (χ2v) is 7.13. The number of carbonyl (C=O) groups excluding carboxylic acids is 1. The molecule has 3 rings (SSSR count). The van der Waals surface area contributed by atoms with Crippen molar-refractivity contribution in [2.24, 2.45) is 5.92 Å². The lowest BCUT2D eigenvalue weighted by molar-refractivity contribution is -0.134. The van der Waals surface area contributed by atoms with Crippen LogP contribution < -0.4 is 0 Å². The summed E-state index contributed by atoms with van der Waals surface area (Å²) < 4.78 is 0. The van der Waals surface area contributed by atoms with Gasteiger partial charge in [-0.05, 0) is 36.5 Å². The Morgan fingerprint density at radius 1 is 1.35 bits per heavy atom. The summed E-state index contributed by atoms with van der Waals surface area (Å²) in [6.45, 7) is 5.97. The summed E-state index contributed by atoms with van der Waals surface area (Å²) in [6.07, 6.45) is 1.46. The third kappa shape index (κ3) is 4.06. The molecule has 3 atom stereocenters. The SMILES string of the molecule is CC[C@H](O)CN1CCN(C(=O)[C@H]2C[C@@H]2c2cccc(Cl)c2)CC1. The van der Waals surface area contributed by atoms with E-state index in [1.165, 1.54) is 5.56 Å². The highest BCUT2D eigenvalue weighted by atomic mass is 35.5. The van der Waals surface area contributed by atoms with Gasteiger partial charge in [0.25, 0.3) is 0 Å². The molecule has 1 aliphatic heterocycles. The zero-order chi connectivity index (χ0) is 16.4. The lowest BCUT2D eigenvalue weighted by Crippen LogP contribution is -2.50. The highest BCUT2D eigenvalue weighted by Gasteiger charge is 2.46. The fraction of sp³-hybridized carbons (Fsp3) is 0.611. The van der Waals surface area contributed by atoms with Gasteiger partial charge in [-0.3, -0.25) is 9.69 Å². The van der Waals surface area contributed by atoms with E-state index in [-0.39, 0.29) is 17.9 Å². The Morgan fingerprint density at radius 2 is 2.09 bits per heavy atom. The molecule has 1 N–H and O–H groups in total. The number of aliphatic hydroxyl groups is 1. The predicted molar refractivity (Wildman–Crippen MR) is 91.6 cm³/mol. The first-order valence-electron chi connectivity index (χ1n) is 8.53. The summed E-state index contributed by atoms with van der Waals surface area (Å²) in [5.74, 6) is 0.744. The van der Waals surface area contributed by atoms with Gasteiger partial charge >= 0.3 is 0 Å². The van der Waals surface area contributed by atoms with Crippen molar-refractivity contribution in [1.82, 2.24) is 9.80 Å². The van der Waals surface area contributed by atoms with Crippen molar-refractivity contribution in [2.75, 3.05) is 32.7 Å². The lowest BCUT2D eigenvalue weighted by Gasteiger charge is -2.35. The van der Waals surface area contributed by atoms with E-state index in [0.29, 0.717) is 12.5 Å². The van der Waals surface area contributed by atoms with Crippen LogP contribution in [-0.4, -0.2) is 59.6 Å². The maximum Gasteiger partial charge on any atom is 0.226 e. The van der Waals surface area contributed by atoms with Crippen molar-refractivity contribution < 1.29 is 9.90 Å². The first-order chi connectivity index (χ1) is 11.1. The molecule has 5 heteroatoms. The molecule has 2 fully saturated rings. The number of β-amino-alcohol motifs (C(OH)–C–C–N with tert-alkyl or cyclic N) is 1. The summed E-state index contributed by atoms with van der Waals surface area (Å²) in [5, 5.41) is 10.5. The molecule has 4 nitrogen and oxygen atoms in total. The number of carbonyl (C=O) groups is 1. The first-order valence-corrected chi connectivity index (χ1v) is 8.91. The van der Waals surface area contributed by atoms with Crippen LogP contribution >= 0.6 is 11.6 Å². The van der Waals surface area contributed by atoms with Crippen molar-refractivity contribution >= 4 is 17.5 Å². The summed E-state index contributed by atoms with van der Waals surface area (Å²) >= 11 is 6.04. The smallest absolute Gasteiger partial charge is 0.226 e. The van der Waals surface area contributed by atoms with Gasteiger partial charge in [-0.25, -0.2) is 0 Å². The van der Waals surface area contributed by atoms with E-state index in [2.05, 4.69) is 11.0 Å². The van der Waals surface area contributed by atoms with Crippen LogP contribution in [0.4, 0.5) is 0 Å². The minimum atomic E-state index is -0.257. The lowest BCUT2D eigenvalue weighted by atomic mass is 10.1. The number of hydrogen-bond donors (Lipinski definition) is 1. The van der Waals surface area contributed by atoms with Gasteiger partial charge in [0.1, 0.15) is 0 Å². The van der Waals surface area contributed by atoms with E-state index in [9.17, 15) is 9.90 Å². The number of piperazine rings is 1. The van der Waals surface area contributed by atoms with E-state index < -0.39 is 0 Å². The second-order valence-electron chi connectivity index (χ2n) is 6.69. The normalized spacial score (nSPS) is 26.1. The van der Waals surface area contributed by atoms with Crippen LogP contribution in [0.3, 0.4) is 0 Å². The topological polar surface area (TPSA) is 43.8 Å². The van der Waals surface area contributed by atoms with Gasteiger partial charge in [0.2, 0.25) is 5.91 Å². The number of benzene rings is 1. The zero-order valence-corrected chi connectivity index (χ0v) is 14.4. The van der Waals surface area contributed by atoms with Crippen LogP contribution in [0.1, 0.15) is 31.2 Å². The molecular formula is C18H25ClN2O2. The average molecular weight is 337 g/mol. The fourth-order valence-electron chi connectivity index (χ4n) is 3.39. The number of rotatable bonds is 5. The van der Waals surface area contributed by atoms with Gasteiger partial charge < -0.3 is 10.0 Å². The van der Waals surface area contributed by atoms with E-state index >= 15 is 0 Å². The van der Waals surface area contributed by atoms with Crippen molar-refractivity contribution in [1.29, 1.82) is 0 Å². The molecule has 1 aromatic rings. The Labute approximate surface area is 143 Å². The Hall–Kier alpha value is -1.10. The summed E-state index contributed by atoms with van der Waals surface area (Å²) in [6, 6.07) is 7.86. The molecular weight excluding hydrogens is 312 g/mol. The second kappa shape index (κ2) is 7.20. The Kier molecular flexibility index (Phi) is 5.24. The molecule has 1 saturated heterocycles. The minimum absolute atomic E-state index is 0.126. The molecule has 0 radical (unpaired) electrons. The Balaban J connectivity index is 1.49. The van der Waals surface area contributed by atoms with Gasteiger partial charge in [0.15, 0.2) is 0 Å². The summed E-state index contributed by atoms with van der Waals surface area (Å²) in [7, 11) is 0. The molecule has 1 saturated carbocycles. The molecule has 0 spiro atoms. The largest absolute Gasteiger partial charge is 0.392 e. The van der Waals surface area contributed by atoms with Gasteiger partial charge in [0.05, 0.1) is 6.10 Å². The van der Waals surface area contributed by atoms with Crippen LogP contribution in [0.15, 0.2) is 24.3 Å². The zero-order valence-electron chi connectivity index (χ0n) is 13.6. The molecule has 23 heavy (non-hydrogen) atoms.